The molecule has 1 heterocycles. The van der Waals surface area contributed by atoms with E-state index < -0.39 is 15.7 Å². The molecule has 0 aliphatic carbocycles. The molecular weight excluding hydrogens is 403 g/mol. The number of nitrogens with one attached hydrogen (secondary N) is 1. The van der Waals surface area contributed by atoms with E-state index in [2.05, 4.69) is 5.32 Å². The third kappa shape index (κ3) is 3.84. The summed E-state index contributed by atoms with van der Waals surface area (Å²) in [4.78, 5) is 12.9. The molecule has 152 valence electrons. The fourth-order valence-electron chi connectivity index (χ4n) is 3.29. The first-order valence-electron chi connectivity index (χ1n) is 9.30. The highest BCUT2D eigenvalue weighted by Gasteiger charge is 2.23. The van der Waals surface area contributed by atoms with E-state index in [0.717, 1.165) is 5.56 Å². The summed E-state index contributed by atoms with van der Waals surface area (Å²) in [5, 5.41) is 3.24. The Bertz CT molecular complexity index is 1330. The second-order valence-electron chi connectivity index (χ2n) is 7.01. The molecule has 1 amide bonds. The van der Waals surface area contributed by atoms with Crippen molar-refractivity contribution in [2.24, 2.45) is 0 Å². The summed E-state index contributed by atoms with van der Waals surface area (Å²) in [5.41, 5.74) is 2.07. The summed E-state index contributed by atoms with van der Waals surface area (Å²) < 4.78 is 41.1. The highest BCUT2D eigenvalue weighted by molar-refractivity contribution is 7.91. The van der Waals surface area contributed by atoms with Crippen molar-refractivity contribution in [2.75, 3.05) is 5.32 Å². The van der Waals surface area contributed by atoms with Crippen LogP contribution < -0.4 is 5.32 Å². The summed E-state index contributed by atoms with van der Waals surface area (Å²) in [6, 6.07) is 19.2. The van der Waals surface area contributed by atoms with E-state index in [4.69, 9.17) is 0 Å². The maximum Gasteiger partial charge on any atom is 0.244 e. The molecule has 0 fully saturated rings. The average Bonchev–Trinajstić information content (AvgIpc) is 3.09. The fraction of sp³-hybridized carbons (Fsp3) is 0.0870. The molecule has 0 radical (unpaired) electrons. The van der Waals surface area contributed by atoms with Gasteiger partial charge in [-0.25, -0.2) is 12.8 Å². The minimum absolute atomic E-state index is 0.0820. The fourth-order valence-corrected chi connectivity index (χ4v) is 4.77. The lowest BCUT2D eigenvalue weighted by atomic mass is 10.2. The van der Waals surface area contributed by atoms with Crippen molar-refractivity contribution in [1.82, 2.24) is 4.57 Å². The SMILES string of the molecule is Cc1ccc(S(=O)(=O)c2cn(CC(=O)Nc3ccc(F)cc3)c3ccccc23)cc1. The van der Waals surface area contributed by atoms with Gasteiger partial charge in [0.2, 0.25) is 15.7 Å². The largest absolute Gasteiger partial charge is 0.337 e. The summed E-state index contributed by atoms with van der Waals surface area (Å²) in [6.45, 7) is 1.81. The van der Waals surface area contributed by atoms with Crippen LogP contribution in [0.15, 0.2) is 88.8 Å². The Labute approximate surface area is 173 Å². The number of nitrogens with zero attached hydrogens (tertiary/aromatic N) is 1. The Kier molecular flexibility index (Phi) is 5.13. The number of anilines is 1. The smallest absolute Gasteiger partial charge is 0.244 e. The van der Waals surface area contributed by atoms with Gasteiger partial charge in [-0.3, -0.25) is 4.79 Å². The molecule has 0 aliphatic heterocycles. The molecule has 0 saturated heterocycles. The second-order valence-corrected chi connectivity index (χ2v) is 8.93. The topological polar surface area (TPSA) is 68.2 Å². The van der Waals surface area contributed by atoms with Gasteiger partial charge < -0.3 is 9.88 Å². The molecule has 3 aromatic carbocycles. The number of benzene rings is 3. The van der Waals surface area contributed by atoms with Crippen molar-refractivity contribution in [2.45, 2.75) is 23.3 Å². The zero-order valence-corrected chi connectivity index (χ0v) is 17.0. The zero-order valence-electron chi connectivity index (χ0n) is 16.2. The van der Waals surface area contributed by atoms with E-state index in [-0.39, 0.29) is 22.2 Å². The van der Waals surface area contributed by atoms with E-state index in [1.54, 1.807) is 53.1 Å². The van der Waals surface area contributed by atoms with Gasteiger partial charge in [0.05, 0.1) is 9.79 Å². The molecule has 0 spiro atoms. The highest BCUT2D eigenvalue weighted by Crippen LogP contribution is 2.30. The minimum atomic E-state index is -3.76. The van der Waals surface area contributed by atoms with Gasteiger partial charge in [-0.15, -0.1) is 0 Å². The molecule has 0 unspecified atom stereocenters. The summed E-state index contributed by atoms with van der Waals surface area (Å²) in [5.74, 6) is -0.739. The lowest BCUT2D eigenvalue weighted by Gasteiger charge is -2.07. The van der Waals surface area contributed by atoms with Gasteiger partial charge >= 0.3 is 0 Å². The minimum Gasteiger partial charge on any atom is -0.337 e. The number of sulfone groups is 1. The van der Waals surface area contributed by atoms with Crippen LogP contribution in [0.2, 0.25) is 0 Å². The Hall–Kier alpha value is -3.45. The van der Waals surface area contributed by atoms with Crippen molar-refractivity contribution in [3.05, 3.63) is 90.4 Å². The maximum atomic E-state index is 13.2. The van der Waals surface area contributed by atoms with E-state index in [1.165, 1.54) is 30.5 Å². The molecule has 0 atom stereocenters. The van der Waals surface area contributed by atoms with Crippen LogP contribution in [0.5, 0.6) is 0 Å². The lowest BCUT2D eigenvalue weighted by Crippen LogP contribution is -2.18. The average molecular weight is 422 g/mol. The number of fused-ring (bicyclic) bond motifs is 1. The molecule has 4 rings (SSSR count). The van der Waals surface area contributed by atoms with Gasteiger partial charge in [0.25, 0.3) is 0 Å². The third-order valence-corrected chi connectivity index (χ3v) is 6.61. The van der Waals surface area contributed by atoms with Crippen molar-refractivity contribution >= 4 is 32.3 Å². The van der Waals surface area contributed by atoms with E-state index >= 15 is 0 Å². The van der Waals surface area contributed by atoms with Crippen LogP contribution in [0, 0.1) is 12.7 Å². The van der Waals surface area contributed by atoms with Crippen LogP contribution in [-0.2, 0) is 21.2 Å². The number of para-hydroxylation sites is 1. The highest BCUT2D eigenvalue weighted by atomic mass is 32.2. The van der Waals surface area contributed by atoms with Gasteiger partial charge in [0.15, 0.2) is 0 Å². The standard InChI is InChI=1S/C23H19FN2O3S/c1-16-6-12-19(13-7-16)30(28,29)22-14-26(21-5-3-2-4-20(21)22)15-23(27)25-18-10-8-17(24)9-11-18/h2-14H,15H2,1H3,(H,25,27). The van der Waals surface area contributed by atoms with Gasteiger partial charge in [-0.2, -0.15) is 0 Å². The van der Waals surface area contributed by atoms with Crippen LogP contribution in [-0.4, -0.2) is 18.9 Å². The number of aryl methyl sites for hydroxylation is 1. The number of carbonyl (C=O) groups is 1. The molecular formula is C23H19FN2O3S. The first kappa shape index (κ1) is 19.8. The Morgan fingerprint density at radius 2 is 1.63 bits per heavy atom. The van der Waals surface area contributed by atoms with Crippen molar-refractivity contribution in [3.63, 3.8) is 0 Å². The van der Waals surface area contributed by atoms with E-state index in [1.807, 2.05) is 6.92 Å². The molecule has 30 heavy (non-hydrogen) atoms. The first-order chi connectivity index (χ1) is 14.3. The monoisotopic (exact) mass is 422 g/mol. The zero-order chi connectivity index (χ0) is 21.3. The van der Waals surface area contributed by atoms with Crippen LogP contribution in [0.1, 0.15) is 5.56 Å². The van der Waals surface area contributed by atoms with Crippen LogP contribution in [0.3, 0.4) is 0 Å². The van der Waals surface area contributed by atoms with Gasteiger partial charge in [-0.05, 0) is 49.4 Å². The lowest BCUT2D eigenvalue weighted by molar-refractivity contribution is -0.116. The van der Waals surface area contributed by atoms with Crippen molar-refractivity contribution in [1.29, 1.82) is 0 Å². The molecule has 1 aromatic heterocycles. The van der Waals surface area contributed by atoms with E-state index in [9.17, 15) is 17.6 Å². The maximum absolute atomic E-state index is 13.2. The molecule has 0 aliphatic rings. The molecule has 0 saturated carbocycles. The number of carbonyl (C=O) groups excluding carboxylic acids is 1. The molecule has 1 N–H and O–H groups in total. The summed E-state index contributed by atoms with van der Waals surface area (Å²) in [6.07, 6.45) is 1.49. The molecule has 7 heteroatoms. The van der Waals surface area contributed by atoms with Crippen LogP contribution in [0.25, 0.3) is 10.9 Å². The Morgan fingerprint density at radius 1 is 0.967 bits per heavy atom. The van der Waals surface area contributed by atoms with Gasteiger partial charge in [0.1, 0.15) is 12.4 Å². The van der Waals surface area contributed by atoms with Crippen molar-refractivity contribution in [3.8, 4) is 0 Å². The first-order valence-corrected chi connectivity index (χ1v) is 10.8. The van der Waals surface area contributed by atoms with Gasteiger partial charge in [0, 0.05) is 22.8 Å². The number of rotatable bonds is 5. The van der Waals surface area contributed by atoms with E-state index in [0.29, 0.717) is 16.6 Å². The second kappa shape index (κ2) is 7.76. The quantitative estimate of drug-likeness (QED) is 0.513. The number of halogens is 1. The number of hydrogen-bond donors (Lipinski definition) is 1. The Balaban J connectivity index is 1.69. The molecule has 0 bridgehead atoms. The number of aromatic nitrogens is 1. The van der Waals surface area contributed by atoms with Gasteiger partial charge in [-0.1, -0.05) is 35.9 Å². The van der Waals surface area contributed by atoms with Crippen molar-refractivity contribution < 1.29 is 17.6 Å². The number of amides is 1. The predicted molar refractivity (Wildman–Crippen MR) is 114 cm³/mol. The predicted octanol–water partition coefficient (Wildman–Crippen LogP) is 4.56. The summed E-state index contributed by atoms with van der Waals surface area (Å²) in [7, 11) is -3.76. The van der Waals surface area contributed by atoms with Crippen LogP contribution >= 0.6 is 0 Å². The number of hydrogen-bond acceptors (Lipinski definition) is 3. The van der Waals surface area contributed by atoms with Crippen LogP contribution in [0.4, 0.5) is 10.1 Å². The normalized spacial score (nSPS) is 11.5. The Morgan fingerprint density at radius 3 is 2.33 bits per heavy atom. The third-order valence-electron chi connectivity index (χ3n) is 4.81. The molecule has 5 nitrogen and oxygen atoms in total. The molecule has 4 aromatic rings. The summed E-state index contributed by atoms with van der Waals surface area (Å²) >= 11 is 0.